The first kappa shape index (κ1) is 16.5. The average molecular weight is 327 g/mol. The quantitative estimate of drug-likeness (QED) is 0.897. The zero-order valence-electron chi connectivity index (χ0n) is 13.0. The molecule has 1 aromatic carbocycles. The number of anilines is 1. The monoisotopic (exact) mass is 326 g/mol. The lowest BCUT2D eigenvalue weighted by Crippen LogP contribution is -2.39. The van der Waals surface area contributed by atoms with Gasteiger partial charge in [0.2, 0.25) is 0 Å². The maximum atomic E-state index is 5.85. The molecule has 0 aliphatic rings. The Morgan fingerprint density at radius 2 is 1.84 bits per heavy atom. The van der Waals surface area contributed by atoms with E-state index >= 15 is 0 Å². The molecule has 1 rings (SSSR count). The summed E-state index contributed by atoms with van der Waals surface area (Å²) in [4.78, 5) is 2.33. The predicted molar refractivity (Wildman–Crippen MR) is 88.8 cm³/mol. The van der Waals surface area contributed by atoms with Crippen molar-refractivity contribution in [3.05, 3.63) is 28.2 Å². The molecule has 0 amide bonds. The molecule has 0 aromatic heterocycles. The van der Waals surface area contributed by atoms with Crippen LogP contribution in [0.1, 0.15) is 40.2 Å². The third kappa shape index (κ3) is 4.50. The molecular weight excluding hydrogens is 300 g/mol. The Labute approximate surface area is 126 Å². The highest BCUT2D eigenvalue weighted by atomic mass is 79.9. The second kappa shape index (κ2) is 6.27. The Morgan fingerprint density at radius 3 is 2.26 bits per heavy atom. The summed E-state index contributed by atoms with van der Waals surface area (Å²) in [5, 5.41) is 0. The normalized spacial score (nSPS) is 15.2. The molecule has 1 aromatic rings. The molecule has 0 aliphatic carbocycles. The van der Waals surface area contributed by atoms with Crippen LogP contribution in [0.3, 0.4) is 0 Å². The molecule has 108 valence electrons. The molecule has 0 bridgehead atoms. The van der Waals surface area contributed by atoms with Gasteiger partial charge in [-0.2, -0.15) is 0 Å². The van der Waals surface area contributed by atoms with E-state index in [1.165, 1.54) is 11.3 Å². The molecule has 19 heavy (non-hydrogen) atoms. The minimum Gasteiger partial charge on any atom is -0.370 e. The van der Waals surface area contributed by atoms with E-state index in [0.29, 0.717) is 6.04 Å². The minimum absolute atomic E-state index is 0.198. The molecule has 3 heteroatoms. The second-order valence-electron chi connectivity index (χ2n) is 6.62. The number of nitrogens with zero attached hydrogens (tertiary/aromatic N) is 1. The van der Waals surface area contributed by atoms with Crippen LogP contribution in [0.2, 0.25) is 0 Å². The summed E-state index contributed by atoms with van der Waals surface area (Å²) in [5.74, 6) is 0. The zero-order chi connectivity index (χ0) is 14.8. The van der Waals surface area contributed by atoms with E-state index in [2.05, 4.69) is 73.8 Å². The number of benzene rings is 1. The van der Waals surface area contributed by atoms with Gasteiger partial charge in [-0.05, 0) is 59.3 Å². The van der Waals surface area contributed by atoms with Crippen LogP contribution in [0.25, 0.3) is 0 Å². The lowest BCUT2D eigenvalue weighted by atomic mass is 9.87. The first-order valence-electron chi connectivity index (χ1n) is 6.89. The van der Waals surface area contributed by atoms with Crippen LogP contribution < -0.4 is 10.6 Å². The summed E-state index contributed by atoms with van der Waals surface area (Å²) in [5.41, 5.74) is 8.61. The zero-order valence-corrected chi connectivity index (χ0v) is 14.6. The van der Waals surface area contributed by atoms with Gasteiger partial charge in [-0.15, -0.1) is 0 Å². The average Bonchev–Trinajstić information content (AvgIpc) is 2.25. The van der Waals surface area contributed by atoms with E-state index < -0.39 is 0 Å². The van der Waals surface area contributed by atoms with Crippen LogP contribution >= 0.6 is 15.9 Å². The summed E-state index contributed by atoms with van der Waals surface area (Å²) in [7, 11) is 2.15. The first-order chi connectivity index (χ1) is 8.62. The first-order valence-corrected chi connectivity index (χ1v) is 7.69. The van der Waals surface area contributed by atoms with Crippen LogP contribution in [0.5, 0.6) is 0 Å². The van der Waals surface area contributed by atoms with Gasteiger partial charge in [-0.1, -0.05) is 26.8 Å². The van der Waals surface area contributed by atoms with Gasteiger partial charge >= 0.3 is 0 Å². The lowest BCUT2D eigenvalue weighted by molar-refractivity contribution is 0.329. The standard InChI is InChI=1S/C16H27BrN2/c1-11(18)9-13-7-8-15(14(17)10-13)19(6)12(2)16(3,4)5/h7-8,10-12H,9,18H2,1-6H3. The molecular formula is C16H27BrN2. The molecule has 2 nitrogen and oxygen atoms in total. The van der Waals surface area contributed by atoms with E-state index in [0.717, 1.165) is 10.9 Å². The number of nitrogens with two attached hydrogens (primary N) is 1. The predicted octanol–water partition coefficient (Wildman–Crippen LogP) is 4.21. The molecule has 2 N–H and O–H groups in total. The third-order valence-electron chi connectivity index (χ3n) is 3.78. The highest BCUT2D eigenvalue weighted by Crippen LogP contribution is 2.32. The summed E-state index contributed by atoms with van der Waals surface area (Å²) in [6, 6.07) is 7.20. The molecule has 0 aliphatic heterocycles. The van der Waals surface area contributed by atoms with Crippen molar-refractivity contribution in [3.63, 3.8) is 0 Å². The van der Waals surface area contributed by atoms with Crippen molar-refractivity contribution in [2.24, 2.45) is 11.1 Å². The third-order valence-corrected chi connectivity index (χ3v) is 4.42. The van der Waals surface area contributed by atoms with Crippen molar-refractivity contribution in [3.8, 4) is 0 Å². The fourth-order valence-corrected chi connectivity index (χ4v) is 2.83. The van der Waals surface area contributed by atoms with Crippen molar-refractivity contribution >= 4 is 21.6 Å². The molecule has 2 atom stereocenters. The molecule has 2 unspecified atom stereocenters. The van der Waals surface area contributed by atoms with E-state index in [1.807, 2.05) is 6.92 Å². The fourth-order valence-electron chi connectivity index (χ4n) is 2.12. The van der Waals surface area contributed by atoms with Crippen LogP contribution in [0.15, 0.2) is 22.7 Å². The molecule has 0 saturated heterocycles. The Balaban J connectivity index is 2.96. The van der Waals surface area contributed by atoms with Crippen molar-refractivity contribution in [2.45, 2.75) is 53.1 Å². The van der Waals surface area contributed by atoms with Crippen molar-refractivity contribution in [1.82, 2.24) is 0 Å². The van der Waals surface area contributed by atoms with Crippen molar-refractivity contribution in [2.75, 3.05) is 11.9 Å². The Kier molecular flexibility index (Phi) is 5.45. The number of rotatable bonds is 4. The van der Waals surface area contributed by atoms with Gasteiger partial charge in [0.15, 0.2) is 0 Å². The molecule has 0 spiro atoms. The SMILES string of the molecule is CC(N)Cc1ccc(N(C)C(C)C(C)(C)C)c(Br)c1. The molecule has 0 heterocycles. The van der Waals surface area contributed by atoms with Gasteiger partial charge in [0.1, 0.15) is 0 Å². The lowest BCUT2D eigenvalue weighted by Gasteiger charge is -2.37. The van der Waals surface area contributed by atoms with Gasteiger partial charge in [-0.25, -0.2) is 0 Å². The molecule has 0 radical (unpaired) electrons. The van der Waals surface area contributed by atoms with E-state index in [4.69, 9.17) is 5.73 Å². The summed E-state index contributed by atoms with van der Waals surface area (Å²) < 4.78 is 1.14. The summed E-state index contributed by atoms with van der Waals surface area (Å²) in [6.45, 7) is 11.1. The summed E-state index contributed by atoms with van der Waals surface area (Å²) >= 11 is 3.69. The second-order valence-corrected chi connectivity index (χ2v) is 7.47. The fraction of sp³-hybridized carbons (Fsp3) is 0.625. The van der Waals surface area contributed by atoms with Gasteiger partial charge in [0.25, 0.3) is 0 Å². The smallest absolute Gasteiger partial charge is 0.0510 e. The van der Waals surface area contributed by atoms with Gasteiger partial charge < -0.3 is 10.6 Å². The van der Waals surface area contributed by atoms with E-state index in [1.54, 1.807) is 0 Å². The van der Waals surface area contributed by atoms with E-state index in [-0.39, 0.29) is 11.5 Å². The van der Waals surface area contributed by atoms with Crippen molar-refractivity contribution < 1.29 is 0 Å². The number of halogens is 1. The highest BCUT2D eigenvalue weighted by Gasteiger charge is 2.25. The Morgan fingerprint density at radius 1 is 1.26 bits per heavy atom. The Hall–Kier alpha value is -0.540. The minimum atomic E-state index is 0.198. The highest BCUT2D eigenvalue weighted by molar-refractivity contribution is 9.10. The number of hydrogen-bond acceptors (Lipinski definition) is 2. The maximum Gasteiger partial charge on any atom is 0.0510 e. The molecule has 0 fully saturated rings. The van der Waals surface area contributed by atoms with E-state index in [9.17, 15) is 0 Å². The largest absolute Gasteiger partial charge is 0.370 e. The van der Waals surface area contributed by atoms with Gasteiger partial charge in [0, 0.05) is 23.6 Å². The number of hydrogen-bond donors (Lipinski definition) is 1. The van der Waals surface area contributed by atoms with Crippen LogP contribution in [0, 0.1) is 5.41 Å². The van der Waals surface area contributed by atoms with Crippen LogP contribution in [-0.2, 0) is 6.42 Å². The molecule has 0 saturated carbocycles. The van der Waals surface area contributed by atoms with Gasteiger partial charge in [0.05, 0.1) is 5.69 Å². The Bertz CT molecular complexity index is 421. The van der Waals surface area contributed by atoms with Crippen LogP contribution in [0.4, 0.5) is 5.69 Å². The maximum absolute atomic E-state index is 5.85. The van der Waals surface area contributed by atoms with Crippen LogP contribution in [-0.4, -0.2) is 19.1 Å². The topological polar surface area (TPSA) is 29.3 Å². The van der Waals surface area contributed by atoms with Crippen molar-refractivity contribution in [1.29, 1.82) is 0 Å². The van der Waals surface area contributed by atoms with Gasteiger partial charge in [-0.3, -0.25) is 0 Å². The summed E-state index contributed by atoms with van der Waals surface area (Å²) in [6.07, 6.45) is 0.914.